The van der Waals surface area contributed by atoms with Crippen molar-refractivity contribution in [1.82, 2.24) is 4.98 Å². The Kier molecular flexibility index (Phi) is 5.98. The van der Waals surface area contributed by atoms with E-state index in [-0.39, 0.29) is 5.78 Å². The molecule has 1 aliphatic carbocycles. The lowest BCUT2D eigenvalue weighted by Gasteiger charge is -2.27. The second-order valence-electron chi connectivity index (χ2n) is 7.70. The molecule has 3 N–H and O–H groups in total. The molecule has 2 heterocycles. The van der Waals surface area contributed by atoms with Crippen LogP contribution in [0.15, 0.2) is 77.9 Å². The molecule has 0 atom stereocenters. The Bertz CT molecular complexity index is 1100. The van der Waals surface area contributed by atoms with E-state index < -0.39 is 5.91 Å². The van der Waals surface area contributed by atoms with Gasteiger partial charge in [-0.2, -0.15) is 0 Å². The molecule has 158 valence electrons. The number of amides is 1. The predicted octanol–water partition coefficient (Wildman–Crippen LogP) is 4.47. The number of Topliss-reactive ketones (excluding diaryl/α,β-unsaturated/α-hetero) is 1. The number of rotatable bonds is 6. The number of anilines is 2. The Morgan fingerprint density at radius 1 is 1.23 bits per heavy atom. The summed E-state index contributed by atoms with van der Waals surface area (Å²) in [6.45, 7) is 2.51. The minimum atomic E-state index is -0.484. The lowest BCUT2D eigenvalue weighted by molar-refractivity contribution is -0.116. The van der Waals surface area contributed by atoms with Crippen molar-refractivity contribution in [2.24, 2.45) is 5.73 Å². The van der Waals surface area contributed by atoms with Gasteiger partial charge in [-0.3, -0.25) is 14.6 Å². The molecule has 2 aromatic rings. The van der Waals surface area contributed by atoms with E-state index in [0.717, 1.165) is 41.1 Å². The minimum Gasteiger partial charge on any atom is -0.380 e. The van der Waals surface area contributed by atoms with Crippen molar-refractivity contribution < 1.29 is 9.59 Å². The number of allylic oxidation sites excluding steroid dienone is 5. The number of carbonyl (C=O) groups is 2. The van der Waals surface area contributed by atoms with Crippen LogP contribution in [0.1, 0.15) is 48.5 Å². The summed E-state index contributed by atoms with van der Waals surface area (Å²) in [4.78, 5) is 30.8. The van der Waals surface area contributed by atoms with Crippen molar-refractivity contribution in [2.45, 2.75) is 39.2 Å². The number of aromatic nitrogens is 1. The summed E-state index contributed by atoms with van der Waals surface area (Å²) in [5, 5.41) is 3.34. The Morgan fingerprint density at radius 3 is 2.77 bits per heavy atom. The average Bonchev–Trinajstić information content (AvgIpc) is 3.16. The van der Waals surface area contributed by atoms with E-state index in [2.05, 4.69) is 21.3 Å². The lowest BCUT2D eigenvalue weighted by atomic mass is 9.95. The fraction of sp³-hybridized carbons (Fsp3) is 0.240. The number of carbonyl (C=O) groups excluding carboxylic acids is 2. The summed E-state index contributed by atoms with van der Waals surface area (Å²) < 4.78 is 0. The molecule has 2 aliphatic rings. The molecule has 31 heavy (non-hydrogen) atoms. The van der Waals surface area contributed by atoms with Gasteiger partial charge >= 0.3 is 0 Å². The third-order valence-corrected chi connectivity index (χ3v) is 5.66. The van der Waals surface area contributed by atoms with E-state index in [9.17, 15) is 9.59 Å². The van der Waals surface area contributed by atoms with E-state index in [1.54, 1.807) is 18.5 Å². The Morgan fingerprint density at radius 2 is 2.03 bits per heavy atom. The molecule has 1 aromatic carbocycles. The summed E-state index contributed by atoms with van der Waals surface area (Å²) in [5.41, 5.74) is 11.7. The number of ketones is 1. The molecule has 0 saturated carbocycles. The Hall–Kier alpha value is -3.67. The molecule has 1 amide bonds. The van der Waals surface area contributed by atoms with Crippen LogP contribution in [-0.4, -0.2) is 16.7 Å². The standard InChI is InChI=1S/C25H26N4O2/c1-2-3-5-18-14-21-23(6-4-7-24(21)30)29(18)19-8-9-20(25(26)31)22(15-19)28-16-17-10-12-27-13-11-17/h2-3,5,8-13,15,28H,4,6-7,14,16H2,1H3,(H2,26,31)/b3-2-,18-5+. The Labute approximate surface area is 182 Å². The van der Waals surface area contributed by atoms with Crippen LogP contribution in [0.25, 0.3) is 0 Å². The molecule has 1 aliphatic heterocycles. The van der Waals surface area contributed by atoms with Crippen LogP contribution in [0.5, 0.6) is 0 Å². The highest BCUT2D eigenvalue weighted by molar-refractivity contribution is 6.01. The van der Waals surface area contributed by atoms with Crippen molar-refractivity contribution in [3.63, 3.8) is 0 Å². The summed E-state index contributed by atoms with van der Waals surface area (Å²) in [5.74, 6) is -0.248. The molecule has 0 radical (unpaired) electrons. The normalized spacial score (nSPS) is 17.5. The number of nitrogens with two attached hydrogens (primary N) is 1. The number of primary amides is 1. The zero-order chi connectivity index (χ0) is 21.8. The van der Waals surface area contributed by atoms with Gasteiger partial charge in [-0.15, -0.1) is 0 Å². The van der Waals surface area contributed by atoms with Gasteiger partial charge < -0.3 is 16.0 Å². The molecular weight excluding hydrogens is 388 g/mol. The minimum absolute atomic E-state index is 0.236. The molecule has 0 saturated heterocycles. The van der Waals surface area contributed by atoms with Crippen LogP contribution in [-0.2, 0) is 11.3 Å². The maximum atomic E-state index is 12.5. The smallest absolute Gasteiger partial charge is 0.250 e. The monoisotopic (exact) mass is 414 g/mol. The first kappa shape index (κ1) is 20.6. The van der Waals surface area contributed by atoms with Crippen LogP contribution >= 0.6 is 0 Å². The van der Waals surface area contributed by atoms with E-state index in [4.69, 9.17) is 5.73 Å². The van der Waals surface area contributed by atoms with Crippen molar-refractivity contribution in [1.29, 1.82) is 0 Å². The van der Waals surface area contributed by atoms with Gasteiger partial charge in [0.1, 0.15) is 0 Å². The molecule has 0 fully saturated rings. The van der Waals surface area contributed by atoms with Gasteiger partial charge in [0, 0.05) is 60.1 Å². The molecular formula is C25H26N4O2. The number of hydrogen-bond acceptors (Lipinski definition) is 5. The second-order valence-corrected chi connectivity index (χ2v) is 7.70. The first-order valence-electron chi connectivity index (χ1n) is 10.5. The first-order valence-corrected chi connectivity index (χ1v) is 10.5. The van der Waals surface area contributed by atoms with E-state index in [1.807, 2.05) is 43.3 Å². The molecule has 0 spiro atoms. The fourth-order valence-corrected chi connectivity index (χ4v) is 4.15. The third-order valence-electron chi connectivity index (χ3n) is 5.66. The first-order chi connectivity index (χ1) is 15.1. The van der Waals surface area contributed by atoms with Crippen LogP contribution in [0.2, 0.25) is 0 Å². The molecule has 6 nitrogen and oxygen atoms in total. The van der Waals surface area contributed by atoms with Crippen LogP contribution in [0.4, 0.5) is 11.4 Å². The maximum Gasteiger partial charge on any atom is 0.250 e. The molecule has 0 bridgehead atoms. The van der Waals surface area contributed by atoms with Crippen LogP contribution in [0, 0.1) is 0 Å². The van der Waals surface area contributed by atoms with Gasteiger partial charge in [0.15, 0.2) is 5.78 Å². The van der Waals surface area contributed by atoms with Crippen molar-refractivity contribution in [3.8, 4) is 0 Å². The van der Waals surface area contributed by atoms with Crippen molar-refractivity contribution >= 4 is 23.1 Å². The van der Waals surface area contributed by atoms with Gasteiger partial charge in [-0.1, -0.05) is 12.2 Å². The quantitative estimate of drug-likeness (QED) is 0.728. The average molecular weight is 415 g/mol. The van der Waals surface area contributed by atoms with Gasteiger partial charge in [0.25, 0.3) is 5.91 Å². The summed E-state index contributed by atoms with van der Waals surface area (Å²) >= 11 is 0. The maximum absolute atomic E-state index is 12.5. The van der Waals surface area contributed by atoms with E-state index in [0.29, 0.717) is 30.6 Å². The second kappa shape index (κ2) is 9.00. The van der Waals surface area contributed by atoms with Crippen molar-refractivity contribution in [3.05, 3.63) is 89.0 Å². The van der Waals surface area contributed by atoms with Gasteiger partial charge in [-0.05, 0) is 61.7 Å². The predicted molar refractivity (Wildman–Crippen MR) is 122 cm³/mol. The zero-order valence-electron chi connectivity index (χ0n) is 17.6. The van der Waals surface area contributed by atoms with Gasteiger partial charge in [0.05, 0.1) is 5.56 Å². The molecule has 4 rings (SSSR count). The molecule has 6 heteroatoms. The highest BCUT2D eigenvalue weighted by atomic mass is 16.1. The summed E-state index contributed by atoms with van der Waals surface area (Å²) in [6.07, 6.45) is 12.5. The molecule has 0 unspecified atom stereocenters. The highest BCUT2D eigenvalue weighted by Crippen LogP contribution is 2.42. The number of hydrogen-bond donors (Lipinski definition) is 2. The third kappa shape index (κ3) is 4.28. The van der Waals surface area contributed by atoms with Crippen molar-refractivity contribution in [2.75, 3.05) is 10.2 Å². The zero-order valence-corrected chi connectivity index (χ0v) is 17.6. The topological polar surface area (TPSA) is 88.3 Å². The summed E-state index contributed by atoms with van der Waals surface area (Å²) in [6, 6.07) is 9.44. The number of nitrogens with zero attached hydrogens (tertiary/aromatic N) is 2. The van der Waals surface area contributed by atoms with Crippen LogP contribution < -0.4 is 16.0 Å². The molecule has 1 aromatic heterocycles. The van der Waals surface area contributed by atoms with E-state index >= 15 is 0 Å². The number of pyridine rings is 1. The van der Waals surface area contributed by atoms with Crippen LogP contribution in [0.3, 0.4) is 0 Å². The number of nitrogens with one attached hydrogen (secondary N) is 1. The Balaban J connectivity index is 1.73. The number of benzene rings is 1. The van der Waals surface area contributed by atoms with E-state index in [1.165, 1.54) is 0 Å². The fourth-order valence-electron chi connectivity index (χ4n) is 4.15. The SMILES string of the molecule is C/C=C\C=C1/CC2=C(CCCC2=O)N1c1ccc(C(N)=O)c(NCc2ccncc2)c1. The lowest BCUT2D eigenvalue weighted by Crippen LogP contribution is -2.21. The highest BCUT2D eigenvalue weighted by Gasteiger charge is 2.34. The van der Waals surface area contributed by atoms with Gasteiger partial charge in [0.2, 0.25) is 0 Å². The summed E-state index contributed by atoms with van der Waals surface area (Å²) in [7, 11) is 0. The largest absolute Gasteiger partial charge is 0.380 e. The van der Waals surface area contributed by atoms with Gasteiger partial charge in [-0.25, -0.2) is 0 Å².